The first-order valence-corrected chi connectivity index (χ1v) is 6.43. The molecule has 1 atom stereocenters. The predicted molar refractivity (Wildman–Crippen MR) is 72.0 cm³/mol. The van der Waals surface area contributed by atoms with E-state index in [1.807, 2.05) is 12.1 Å². The van der Waals surface area contributed by atoms with Crippen molar-refractivity contribution in [1.82, 2.24) is 15.5 Å². The van der Waals surface area contributed by atoms with Gasteiger partial charge in [-0.25, -0.2) is 0 Å². The van der Waals surface area contributed by atoms with Crippen LogP contribution in [0.1, 0.15) is 31.9 Å². The highest BCUT2D eigenvalue weighted by atomic mass is 35.5. The summed E-state index contributed by atoms with van der Waals surface area (Å²) in [4.78, 5) is 0. The molecule has 0 radical (unpaired) electrons. The Morgan fingerprint density at radius 1 is 1.47 bits per heavy atom. The minimum absolute atomic E-state index is 0.436. The van der Waals surface area contributed by atoms with Crippen molar-refractivity contribution in [2.45, 2.75) is 32.7 Å². The van der Waals surface area contributed by atoms with Crippen molar-refractivity contribution >= 4 is 11.6 Å². The van der Waals surface area contributed by atoms with Gasteiger partial charge in [0, 0.05) is 6.54 Å². The van der Waals surface area contributed by atoms with Gasteiger partial charge in [0.25, 0.3) is 0 Å². The van der Waals surface area contributed by atoms with Gasteiger partial charge in [-0.1, -0.05) is 31.0 Å². The second kappa shape index (κ2) is 8.20. The molecular formula is C13H20ClN3. The Kier molecular flexibility index (Phi) is 6.82. The first kappa shape index (κ1) is 14.1. The Morgan fingerprint density at radius 3 is 2.88 bits per heavy atom. The highest BCUT2D eigenvalue weighted by Crippen LogP contribution is 2.12. The minimum atomic E-state index is 0.436. The second-order valence-corrected chi connectivity index (χ2v) is 4.50. The lowest BCUT2D eigenvalue weighted by Crippen LogP contribution is -2.18. The fraction of sp³-hybridized carbons (Fsp3) is 0.538. The molecule has 1 aromatic heterocycles. The SMILES string of the molecule is C=CCC(CC)CCNCc1ccc(Cl)nn1. The highest BCUT2D eigenvalue weighted by Gasteiger charge is 2.03. The first-order chi connectivity index (χ1) is 8.26. The fourth-order valence-corrected chi connectivity index (χ4v) is 1.79. The molecule has 0 aliphatic rings. The number of allylic oxidation sites excluding steroid dienone is 1. The lowest BCUT2D eigenvalue weighted by atomic mass is 9.99. The minimum Gasteiger partial charge on any atom is -0.311 e. The van der Waals surface area contributed by atoms with E-state index in [0.29, 0.717) is 5.15 Å². The van der Waals surface area contributed by atoms with Crippen molar-refractivity contribution in [2.24, 2.45) is 5.92 Å². The number of aromatic nitrogens is 2. The van der Waals surface area contributed by atoms with Crippen LogP contribution < -0.4 is 5.32 Å². The average molecular weight is 254 g/mol. The molecule has 0 aliphatic carbocycles. The van der Waals surface area contributed by atoms with E-state index in [9.17, 15) is 0 Å². The molecule has 0 bridgehead atoms. The van der Waals surface area contributed by atoms with Crippen LogP contribution in [0, 0.1) is 5.92 Å². The van der Waals surface area contributed by atoms with Gasteiger partial charge >= 0.3 is 0 Å². The van der Waals surface area contributed by atoms with E-state index < -0.39 is 0 Å². The molecule has 0 saturated carbocycles. The Balaban J connectivity index is 2.19. The van der Waals surface area contributed by atoms with E-state index in [-0.39, 0.29) is 0 Å². The topological polar surface area (TPSA) is 37.8 Å². The lowest BCUT2D eigenvalue weighted by molar-refractivity contribution is 0.454. The number of nitrogens with zero attached hydrogens (tertiary/aromatic N) is 2. The summed E-state index contributed by atoms with van der Waals surface area (Å²) in [6.07, 6.45) is 5.47. The summed E-state index contributed by atoms with van der Waals surface area (Å²) in [5.74, 6) is 0.733. The summed E-state index contributed by atoms with van der Waals surface area (Å²) in [6, 6.07) is 3.65. The van der Waals surface area contributed by atoms with Crippen molar-refractivity contribution in [3.8, 4) is 0 Å². The van der Waals surface area contributed by atoms with Crippen LogP contribution in [0.15, 0.2) is 24.8 Å². The molecule has 0 fully saturated rings. The maximum atomic E-state index is 5.66. The molecule has 1 aromatic rings. The highest BCUT2D eigenvalue weighted by molar-refractivity contribution is 6.29. The lowest BCUT2D eigenvalue weighted by Gasteiger charge is -2.12. The molecule has 3 nitrogen and oxygen atoms in total. The Bertz CT molecular complexity index is 324. The molecule has 1 unspecified atom stereocenters. The maximum Gasteiger partial charge on any atom is 0.151 e. The van der Waals surface area contributed by atoms with Gasteiger partial charge in [-0.05, 0) is 37.4 Å². The van der Waals surface area contributed by atoms with Crippen LogP contribution in [0.5, 0.6) is 0 Å². The van der Waals surface area contributed by atoms with Gasteiger partial charge < -0.3 is 5.32 Å². The molecule has 0 aliphatic heterocycles. The van der Waals surface area contributed by atoms with E-state index in [1.165, 1.54) is 12.8 Å². The van der Waals surface area contributed by atoms with Gasteiger partial charge in [0.15, 0.2) is 5.15 Å². The number of halogens is 1. The van der Waals surface area contributed by atoms with Gasteiger partial charge in [-0.3, -0.25) is 0 Å². The predicted octanol–water partition coefficient (Wildman–Crippen LogP) is 3.21. The molecule has 1 heterocycles. The summed E-state index contributed by atoms with van der Waals surface area (Å²) in [6.45, 7) is 7.74. The first-order valence-electron chi connectivity index (χ1n) is 6.06. The van der Waals surface area contributed by atoms with Crippen molar-refractivity contribution < 1.29 is 0 Å². The molecule has 1 N–H and O–H groups in total. The molecule has 0 saturated heterocycles. The summed E-state index contributed by atoms with van der Waals surface area (Å²) in [5.41, 5.74) is 0.922. The zero-order chi connectivity index (χ0) is 12.5. The van der Waals surface area contributed by atoms with E-state index in [2.05, 4.69) is 29.0 Å². The zero-order valence-corrected chi connectivity index (χ0v) is 11.1. The molecule has 0 aromatic carbocycles. The third kappa shape index (κ3) is 5.80. The number of hydrogen-bond acceptors (Lipinski definition) is 3. The molecule has 0 spiro atoms. The largest absolute Gasteiger partial charge is 0.311 e. The third-order valence-corrected chi connectivity index (χ3v) is 3.00. The van der Waals surface area contributed by atoms with Crippen LogP contribution in [-0.4, -0.2) is 16.7 Å². The fourth-order valence-electron chi connectivity index (χ4n) is 1.68. The number of hydrogen-bond donors (Lipinski definition) is 1. The summed E-state index contributed by atoms with van der Waals surface area (Å²) < 4.78 is 0. The van der Waals surface area contributed by atoms with Gasteiger partial charge in [0.05, 0.1) is 5.69 Å². The monoisotopic (exact) mass is 253 g/mol. The van der Waals surface area contributed by atoms with Crippen molar-refractivity contribution in [3.63, 3.8) is 0 Å². The van der Waals surface area contributed by atoms with Gasteiger partial charge in [0.1, 0.15) is 0 Å². The van der Waals surface area contributed by atoms with Crippen LogP contribution in [0.4, 0.5) is 0 Å². The van der Waals surface area contributed by atoms with Crippen LogP contribution in [0.3, 0.4) is 0 Å². The summed E-state index contributed by atoms with van der Waals surface area (Å²) >= 11 is 5.66. The molecule has 1 rings (SSSR count). The van der Waals surface area contributed by atoms with Crippen molar-refractivity contribution in [3.05, 3.63) is 35.6 Å². The van der Waals surface area contributed by atoms with Crippen molar-refractivity contribution in [1.29, 1.82) is 0 Å². The smallest absolute Gasteiger partial charge is 0.151 e. The third-order valence-electron chi connectivity index (χ3n) is 2.80. The van der Waals surface area contributed by atoms with Crippen LogP contribution in [0.25, 0.3) is 0 Å². The Hall–Kier alpha value is -0.930. The normalized spacial score (nSPS) is 12.4. The van der Waals surface area contributed by atoms with E-state index in [0.717, 1.165) is 31.1 Å². The second-order valence-electron chi connectivity index (χ2n) is 4.11. The molecular weight excluding hydrogens is 234 g/mol. The number of nitrogens with one attached hydrogen (secondary N) is 1. The van der Waals surface area contributed by atoms with Crippen LogP contribution >= 0.6 is 11.6 Å². The standard InChI is InChI=1S/C13H20ClN3/c1-3-5-11(4-2)8-9-15-10-12-6-7-13(14)17-16-12/h3,6-7,11,15H,1,4-5,8-10H2,2H3. The average Bonchev–Trinajstić information content (AvgIpc) is 2.35. The van der Waals surface area contributed by atoms with Gasteiger partial charge in [-0.2, -0.15) is 5.10 Å². The molecule has 0 amide bonds. The van der Waals surface area contributed by atoms with E-state index in [1.54, 1.807) is 6.07 Å². The molecule has 4 heteroatoms. The van der Waals surface area contributed by atoms with Crippen LogP contribution in [-0.2, 0) is 6.54 Å². The zero-order valence-electron chi connectivity index (χ0n) is 10.3. The van der Waals surface area contributed by atoms with Gasteiger partial charge in [0.2, 0.25) is 0 Å². The van der Waals surface area contributed by atoms with E-state index >= 15 is 0 Å². The summed E-state index contributed by atoms with van der Waals surface area (Å²) in [7, 11) is 0. The Labute approximate surface area is 108 Å². The maximum absolute atomic E-state index is 5.66. The van der Waals surface area contributed by atoms with Crippen LogP contribution in [0.2, 0.25) is 5.15 Å². The Morgan fingerprint density at radius 2 is 2.29 bits per heavy atom. The quantitative estimate of drug-likeness (QED) is 0.571. The molecule has 94 valence electrons. The van der Waals surface area contributed by atoms with Crippen molar-refractivity contribution in [2.75, 3.05) is 6.54 Å². The molecule has 17 heavy (non-hydrogen) atoms. The van der Waals surface area contributed by atoms with Gasteiger partial charge in [-0.15, -0.1) is 11.7 Å². The summed E-state index contributed by atoms with van der Waals surface area (Å²) in [5, 5.41) is 11.6. The van der Waals surface area contributed by atoms with E-state index in [4.69, 9.17) is 11.6 Å². The number of rotatable bonds is 8.